The van der Waals surface area contributed by atoms with E-state index in [1.54, 1.807) is 25.6 Å². The number of allylic oxidation sites excluding steroid dienone is 1. The van der Waals surface area contributed by atoms with Crippen LogP contribution in [-0.4, -0.2) is 43.0 Å². The summed E-state index contributed by atoms with van der Waals surface area (Å²) in [7, 11) is 1.64. The number of ketones is 1. The van der Waals surface area contributed by atoms with Gasteiger partial charge in [0, 0.05) is 47.1 Å². The second kappa shape index (κ2) is 9.87. The maximum Gasteiger partial charge on any atom is 0.192 e. The first-order valence-electron chi connectivity index (χ1n) is 10.5. The van der Waals surface area contributed by atoms with Gasteiger partial charge in [-0.15, -0.1) is 16.8 Å². The van der Waals surface area contributed by atoms with Crippen LogP contribution >= 0.6 is 11.8 Å². The third kappa shape index (κ3) is 4.61. The highest BCUT2D eigenvalue weighted by Gasteiger charge is 2.19. The van der Waals surface area contributed by atoms with Crippen LogP contribution in [0.4, 0.5) is 0 Å². The van der Waals surface area contributed by atoms with Gasteiger partial charge in [0.15, 0.2) is 16.8 Å². The number of pyridine rings is 1. The molecule has 4 aromatic rings. The van der Waals surface area contributed by atoms with Gasteiger partial charge in [0.05, 0.1) is 12.9 Å². The van der Waals surface area contributed by atoms with Gasteiger partial charge < -0.3 is 9.30 Å². The monoisotopic (exact) mass is 459 g/mol. The van der Waals surface area contributed by atoms with Crippen LogP contribution < -0.4 is 4.74 Å². The van der Waals surface area contributed by atoms with Crippen molar-refractivity contribution < 1.29 is 9.53 Å². The van der Waals surface area contributed by atoms with Crippen molar-refractivity contribution in [2.75, 3.05) is 12.9 Å². The standard InChI is InChI=1S/C25H25N5O2S/c1-5-14-29-24(19-10-12-26-13-11-19)27-28-25(29)33-16-23(31)22-15-17(2)30(18(22)3)20-6-8-21(32-4)9-7-20/h5-13,15H,1,14,16H2,2-4H3. The molecule has 0 saturated heterocycles. The molecule has 168 valence electrons. The minimum atomic E-state index is 0.0477. The van der Waals surface area contributed by atoms with Crippen LogP contribution in [-0.2, 0) is 6.54 Å². The predicted molar refractivity (Wildman–Crippen MR) is 130 cm³/mol. The number of aryl methyl sites for hydroxylation is 1. The smallest absolute Gasteiger partial charge is 0.192 e. The quantitative estimate of drug-likeness (QED) is 0.201. The first-order valence-corrected chi connectivity index (χ1v) is 11.5. The Kier molecular flexibility index (Phi) is 6.74. The summed E-state index contributed by atoms with van der Waals surface area (Å²) in [6, 6.07) is 13.5. The molecule has 0 radical (unpaired) electrons. The number of Topliss-reactive ketones (excluding diaryl/α,β-unsaturated/α-hetero) is 1. The minimum Gasteiger partial charge on any atom is -0.497 e. The molecule has 0 aliphatic carbocycles. The van der Waals surface area contributed by atoms with E-state index < -0.39 is 0 Å². The number of hydrogen-bond donors (Lipinski definition) is 0. The van der Waals surface area contributed by atoms with E-state index in [0.717, 1.165) is 34.2 Å². The Morgan fingerprint density at radius 2 is 1.85 bits per heavy atom. The lowest BCUT2D eigenvalue weighted by atomic mass is 10.2. The Morgan fingerprint density at radius 3 is 2.52 bits per heavy atom. The van der Waals surface area contributed by atoms with E-state index in [4.69, 9.17) is 4.74 Å². The maximum absolute atomic E-state index is 13.1. The summed E-state index contributed by atoms with van der Waals surface area (Å²) in [6.07, 6.45) is 5.23. The summed E-state index contributed by atoms with van der Waals surface area (Å²) >= 11 is 1.38. The van der Waals surface area contributed by atoms with Crippen LogP contribution in [0.5, 0.6) is 5.75 Å². The lowest BCUT2D eigenvalue weighted by Gasteiger charge is -2.11. The predicted octanol–water partition coefficient (Wildman–Crippen LogP) is 4.92. The lowest BCUT2D eigenvalue weighted by Crippen LogP contribution is -2.07. The molecule has 0 N–H and O–H groups in total. The molecule has 0 atom stereocenters. The summed E-state index contributed by atoms with van der Waals surface area (Å²) in [5.41, 5.74) is 4.53. The first-order chi connectivity index (χ1) is 16.0. The largest absolute Gasteiger partial charge is 0.497 e. The van der Waals surface area contributed by atoms with Crippen molar-refractivity contribution in [3.05, 3.63) is 84.5 Å². The molecule has 1 aromatic carbocycles. The van der Waals surface area contributed by atoms with E-state index in [1.165, 1.54) is 11.8 Å². The molecule has 0 bridgehead atoms. The lowest BCUT2D eigenvalue weighted by molar-refractivity contribution is 0.102. The van der Waals surface area contributed by atoms with Crippen molar-refractivity contribution in [3.8, 4) is 22.8 Å². The topological polar surface area (TPSA) is 74.8 Å². The number of benzene rings is 1. The van der Waals surface area contributed by atoms with E-state index in [-0.39, 0.29) is 11.5 Å². The summed E-state index contributed by atoms with van der Waals surface area (Å²) < 4.78 is 9.29. The highest BCUT2D eigenvalue weighted by molar-refractivity contribution is 7.99. The Labute approximate surface area is 197 Å². The SMILES string of the molecule is C=CCn1c(SCC(=O)c2cc(C)n(-c3ccc(OC)cc3)c2C)nnc1-c1ccncc1. The van der Waals surface area contributed by atoms with E-state index in [1.807, 2.05) is 60.9 Å². The van der Waals surface area contributed by atoms with Gasteiger partial charge in [0.2, 0.25) is 0 Å². The van der Waals surface area contributed by atoms with Crippen LogP contribution in [0.2, 0.25) is 0 Å². The maximum atomic E-state index is 13.1. The van der Waals surface area contributed by atoms with Gasteiger partial charge in [-0.2, -0.15) is 0 Å². The summed E-state index contributed by atoms with van der Waals surface area (Å²) in [5.74, 6) is 1.83. The second-order valence-electron chi connectivity index (χ2n) is 7.47. The Morgan fingerprint density at radius 1 is 1.12 bits per heavy atom. The van der Waals surface area contributed by atoms with Gasteiger partial charge in [-0.3, -0.25) is 14.3 Å². The molecule has 3 heterocycles. The molecule has 3 aromatic heterocycles. The van der Waals surface area contributed by atoms with E-state index in [2.05, 4.69) is 26.3 Å². The first kappa shape index (κ1) is 22.5. The molecule has 4 rings (SSSR count). The summed E-state index contributed by atoms with van der Waals surface area (Å²) in [5, 5.41) is 9.34. The van der Waals surface area contributed by atoms with Gasteiger partial charge in [0.25, 0.3) is 0 Å². The Balaban J connectivity index is 1.55. The van der Waals surface area contributed by atoms with Crippen molar-refractivity contribution in [2.45, 2.75) is 25.5 Å². The number of nitrogens with zero attached hydrogens (tertiary/aromatic N) is 5. The minimum absolute atomic E-state index is 0.0477. The normalized spacial score (nSPS) is 10.9. The molecule has 0 unspecified atom stereocenters. The van der Waals surface area contributed by atoms with E-state index in [9.17, 15) is 4.79 Å². The average Bonchev–Trinajstić information content (AvgIpc) is 3.38. The number of thioether (sulfide) groups is 1. The molecule has 0 spiro atoms. The fourth-order valence-corrected chi connectivity index (χ4v) is 4.62. The summed E-state index contributed by atoms with van der Waals surface area (Å²) in [4.78, 5) is 17.2. The van der Waals surface area contributed by atoms with E-state index >= 15 is 0 Å². The van der Waals surface area contributed by atoms with Crippen LogP contribution in [0.3, 0.4) is 0 Å². The third-order valence-corrected chi connectivity index (χ3v) is 6.33. The number of ether oxygens (including phenoxy) is 1. The molecule has 0 saturated carbocycles. The van der Waals surface area contributed by atoms with Gasteiger partial charge in [-0.25, -0.2) is 0 Å². The Hall–Kier alpha value is -3.65. The van der Waals surface area contributed by atoms with Crippen molar-refractivity contribution in [3.63, 3.8) is 0 Å². The van der Waals surface area contributed by atoms with Crippen molar-refractivity contribution in [1.82, 2.24) is 24.3 Å². The molecule has 0 aliphatic heterocycles. The van der Waals surface area contributed by atoms with Gasteiger partial charge in [-0.1, -0.05) is 17.8 Å². The fraction of sp³-hybridized carbons (Fsp3) is 0.200. The molecule has 0 aliphatic rings. The Bertz CT molecular complexity index is 1280. The summed E-state index contributed by atoms with van der Waals surface area (Å²) in [6.45, 7) is 8.36. The van der Waals surface area contributed by atoms with Crippen LogP contribution in [0, 0.1) is 13.8 Å². The number of carbonyl (C=O) groups is 1. The van der Waals surface area contributed by atoms with Crippen molar-refractivity contribution >= 4 is 17.5 Å². The zero-order chi connectivity index (χ0) is 23.4. The molecule has 33 heavy (non-hydrogen) atoms. The van der Waals surface area contributed by atoms with Crippen molar-refractivity contribution in [1.29, 1.82) is 0 Å². The van der Waals surface area contributed by atoms with Crippen LogP contribution in [0.25, 0.3) is 17.1 Å². The average molecular weight is 460 g/mol. The van der Waals surface area contributed by atoms with Gasteiger partial charge >= 0.3 is 0 Å². The van der Waals surface area contributed by atoms with E-state index in [0.29, 0.717) is 17.3 Å². The number of methoxy groups -OCH3 is 1. The third-order valence-electron chi connectivity index (χ3n) is 5.36. The highest BCUT2D eigenvalue weighted by atomic mass is 32.2. The van der Waals surface area contributed by atoms with Crippen LogP contribution in [0.15, 0.2) is 72.7 Å². The van der Waals surface area contributed by atoms with Crippen LogP contribution in [0.1, 0.15) is 21.7 Å². The fourth-order valence-electron chi connectivity index (χ4n) is 3.79. The molecule has 7 nitrogen and oxygen atoms in total. The molecule has 0 amide bonds. The van der Waals surface area contributed by atoms with Crippen molar-refractivity contribution in [2.24, 2.45) is 0 Å². The zero-order valence-corrected chi connectivity index (χ0v) is 19.7. The molecule has 0 fully saturated rings. The molecule has 8 heteroatoms. The zero-order valence-electron chi connectivity index (χ0n) is 18.9. The van der Waals surface area contributed by atoms with Gasteiger partial charge in [0.1, 0.15) is 5.75 Å². The van der Waals surface area contributed by atoms with Gasteiger partial charge in [-0.05, 0) is 56.3 Å². The molecular formula is C25H25N5O2S. The molecular weight excluding hydrogens is 434 g/mol. The number of aromatic nitrogens is 5. The number of carbonyl (C=O) groups excluding carboxylic acids is 1. The number of hydrogen-bond acceptors (Lipinski definition) is 6. The second-order valence-corrected chi connectivity index (χ2v) is 8.41. The highest BCUT2D eigenvalue weighted by Crippen LogP contribution is 2.27. The number of rotatable bonds is 9.